The predicted octanol–water partition coefficient (Wildman–Crippen LogP) is 3.88. The zero-order chi connectivity index (χ0) is 24.2. The van der Waals surface area contributed by atoms with E-state index in [4.69, 9.17) is 14.1 Å². The molecule has 0 spiro atoms. The highest BCUT2D eigenvalue weighted by Gasteiger charge is 2.51. The Labute approximate surface area is 194 Å². The van der Waals surface area contributed by atoms with Gasteiger partial charge < -0.3 is 24.4 Å². The molecule has 2 saturated heterocycles. The molecule has 1 aromatic carbocycles. The fourth-order valence-electron chi connectivity index (χ4n) is 4.40. The number of carboxylic acids is 1. The number of hydrogen-bond donors (Lipinski definition) is 2. The van der Waals surface area contributed by atoms with E-state index >= 15 is 0 Å². The molecule has 1 aromatic rings. The van der Waals surface area contributed by atoms with Crippen molar-refractivity contribution in [2.75, 3.05) is 0 Å². The van der Waals surface area contributed by atoms with Gasteiger partial charge in [0.25, 0.3) is 0 Å². The van der Waals surface area contributed by atoms with E-state index in [1.165, 1.54) is 6.21 Å². The van der Waals surface area contributed by atoms with E-state index in [1.54, 1.807) is 0 Å². The lowest BCUT2D eigenvalue weighted by atomic mass is 9.80. The topological polar surface area (TPSA) is 118 Å². The van der Waals surface area contributed by atoms with Crippen LogP contribution in [0.2, 0.25) is 6.32 Å². The van der Waals surface area contributed by atoms with Crippen LogP contribution in [0.25, 0.3) is 0 Å². The molecule has 2 heterocycles. The Morgan fingerprint density at radius 1 is 1.18 bits per heavy atom. The van der Waals surface area contributed by atoms with Gasteiger partial charge in [-0.25, -0.2) is 9.59 Å². The number of benzene rings is 1. The minimum absolute atomic E-state index is 0.247. The van der Waals surface area contributed by atoms with Gasteiger partial charge in [0.05, 0.1) is 23.5 Å². The van der Waals surface area contributed by atoms with Crippen molar-refractivity contribution in [3.05, 3.63) is 35.9 Å². The van der Waals surface area contributed by atoms with E-state index < -0.39 is 35.3 Å². The van der Waals surface area contributed by atoms with Crippen LogP contribution in [0, 0.1) is 5.92 Å². The summed E-state index contributed by atoms with van der Waals surface area (Å²) in [6, 6.07) is 7.66. The number of nitrogens with zero attached hydrogens (tertiary/aromatic N) is 2. The van der Waals surface area contributed by atoms with Crippen molar-refractivity contribution in [1.82, 2.24) is 4.90 Å². The lowest BCUT2D eigenvalue weighted by molar-refractivity contribution is -0.143. The smallest absolute Gasteiger partial charge is 0.457 e. The molecule has 180 valence electrons. The van der Waals surface area contributed by atoms with Crippen molar-refractivity contribution >= 4 is 25.4 Å². The van der Waals surface area contributed by atoms with Crippen LogP contribution in [-0.2, 0) is 25.5 Å². The van der Waals surface area contributed by atoms with E-state index in [2.05, 4.69) is 5.16 Å². The van der Waals surface area contributed by atoms with E-state index in [1.807, 2.05) is 58.0 Å². The Morgan fingerprint density at radius 2 is 1.82 bits per heavy atom. The Bertz CT molecular complexity index is 846. The average molecular weight is 460 g/mol. The van der Waals surface area contributed by atoms with Crippen LogP contribution in [0.3, 0.4) is 0 Å². The molecule has 9 nitrogen and oxygen atoms in total. The Balaban J connectivity index is 1.58. The lowest BCUT2D eigenvalue weighted by Gasteiger charge is -2.32. The number of carbonyl (C=O) groups is 2. The zero-order valence-electron chi connectivity index (χ0n) is 19.6. The molecule has 0 aliphatic carbocycles. The second-order valence-corrected chi connectivity index (χ2v) is 9.67. The maximum absolute atomic E-state index is 11.9. The normalized spacial score (nSPS) is 26.1. The first kappa shape index (κ1) is 25.0. The maximum Gasteiger partial charge on any atom is 0.457 e. The molecule has 1 unspecified atom stereocenters. The van der Waals surface area contributed by atoms with Crippen LogP contribution in [-0.4, -0.2) is 63.8 Å². The summed E-state index contributed by atoms with van der Waals surface area (Å²) < 4.78 is 12.0. The first-order chi connectivity index (χ1) is 15.5. The van der Waals surface area contributed by atoms with Crippen LogP contribution < -0.4 is 0 Å². The third-order valence-corrected chi connectivity index (χ3v) is 6.82. The summed E-state index contributed by atoms with van der Waals surface area (Å²) in [6.07, 6.45) is 2.29. The quantitative estimate of drug-likeness (QED) is 0.326. The van der Waals surface area contributed by atoms with Crippen molar-refractivity contribution in [3.8, 4) is 0 Å². The average Bonchev–Trinajstić information content (AvgIpc) is 3.19. The molecule has 2 aliphatic heterocycles. The Kier molecular flexibility index (Phi) is 7.69. The van der Waals surface area contributed by atoms with E-state index in [0.29, 0.717) is 25.6 Å². The highest BCUT2D eigenvalue weighted by atomic mass is 16.7. The van der Waals surface area contributed by atoms with Crippen molar-refractivity contribution in [3.63, 3.8) is 0 Å². The van der Waals surface area contributed by atoms with Gasteiger partial charge in [0.2, 0.25) is 0 Å². The lowest BCUT2D eigenvalue weighted by Crippen LogP contribution is -2.46. The summed E-state index contributed by atoms with van der Waals surface area (Å²) in [5.41, 5.74) is 0.0895. The molecule has 1 amide bonds. The molecule has 33 heavy (non-hydrogen) atoms. The van der Waals surface area contributed by atoms with Crippen molar-refractivity contribution in [1.29, 1.82) is 0 Å². The van der Waals surface area contributed by atoms with Crippen LogP contribution in [0.15, 0.2) is 35.5 Å². The summed E-state index contributed by atoms with van der Waals surface area (Å²) in [6.45, 7) is 8.19. The summed E-state index contributed by atoms with van der Waals surface area (Å²) in [5.74, 6) is -1.49. The summed E-state index contributed by atoms with van der Waals surface area (Å²) >= 11 is 0. The number of rotatable bonds is 9. The second kappa shape index (κ2) is 10.1. The van der Waals surface area contributed by atoms with E-state index in [9.17, 15) is 19.8 Å². The van der Waals surface area contributed by atoms with Crippen molar-refractivity contribution in [2.24, 2.45) is 11.1 Å². The van der Waals surface area contributed by atoms with Crippen LogP contribution in [0.5, 0.6) is 0 Å². The number of oxime groups is 1. The molecule has 0 bridgehead atoms. The SMILES string of the molecule is CC1(C)OB(CCC[C@@H]2CC(/C=N/OCc3ccccc3)N(C(=O)O)[C@@H]2C(=O)O)OC1(C)C. The number of aliphatic carboxylic acids is 1. The van der Waals surface area contributed by atoms with Gasteiger partial charge in [-0.2, -0.15) is 0 Å². The first-order valence-corrected chi connectivity index (χ1v) is 11.3. The van der Waals surface area contributed by atoms with Gasteiger partial charge >= 0.3 is 19.2 Å². The number of carboxylic acid groups (broad SMARTS) is 2. The Morgan fingerprint density at radius 3 is 2.39 bits per heavy atom. The largest absolute Gasteiger partial charge is 0.480 e. The minimum Gasteiger partial charge on any atom is -0.480 e. The van der Waals surface area contributed by atoms with E-state index in [-0.39, 0.29) is 19.6 Å². The predicted molar refractivity (Wildman–Crippen MR) is 123 cm³/mol. The van der Waals surface area contributed by atoms with Gasteiger partial charge in [-0.3, -0.25) is 4.90 Å². The van der Waals surface area contributed by atoms with Gasteiger partial charge in [0.1, 0.15) is 12.6 Å². The minimum atomic E-state index is -1.28. The van der Waals surface area contributed by atoms with Gasteiger partial charge in [0, 0.05) is 0 Å². The number of amides is 1. The molecule has 10 heteroatoms. The molecule has 3 atom stereocenters. The van der Waals surface area contributed by atoms with Crippen molar-refractivity contribution in [2.45, 2.75) is 83.2 Å². The Hall–Kier alpha value is -2.59. The van der Waals surface area contributed by atoms with Gasteiger partial charge in [0.15, 0.2) is 0 Å². The molecule has 0 radical (unpaired) electrons. The third kappa shape index (κ3) is 5.86. The fraction of sp³-hybridized carbons (Fsp3) is 0.609. The summed E-state index contributed by atoms with van der Waals surface area (Å²) in [7, 11) is -0.362. The summed E-state index contributed by atoms with van der Waals surface area (Å²) in [4.78, 5) is 30.1. The number of hydrogen-bond acceptors (Lipinski definition) is 6. The van der Waals surface area contributed by atoms with E-state index in [0.717, 1.165) is 10.5 Å². The number of likely N-dealkylation sites (tertiary alicyclic amines) is 1. The molecular weight excluding hydrogens is 427 g/mol. The van der Waals surface area contributed by atoms with Crippen LogP contribution >= 0.6 is 0 Å². The van der Waals surface area contributed by atoms with Gasteiger partial charge in [-0.15, -0.1) is 0 Å². The first-order valence-electron chi connectivity index (χ1n) is 11.3. The molecular formula is C23H33BN2O7. The van der Waals surface area contributed by atoms with Crippen LogP contribution in [0.1, 0.15) is 52.5 Å². The second-order valence-electron chi connectivity index (χ2n) is 9.67. The standard InChI is InChI=1S/C23H33BN2O7/c1-22(2)23(3,4)33-24(32-22)12-8-11-17-13-18(26(21(29)30)19(17)20(27)28)14-25-31-15-16-9-6-5-7-10-16/h5-7,9-10,14,17-19H,8,11-13,15H2,1-4H3,(H,27,28)(H,29,30)/b25-14+/t17-,18?,19+/m1/s1. The maximum atomic E-state index is 11.9. The summed E-state index contributed by atoms with van der Waals surface area (Å²) in [5, 5.41) is 23.4. The monoisotopic (exact) mass is 460 g/mol. The molecule has 2 aliphatic rings. The molecule has 0 aromatic heterocycles. The van der Waals surface area contributed by atoms with Crippen LogP contribution in [0.4, 0.5) is 4.79 Å². The molecule has 3 rings (SSSR count). The molecule has 2 N–H and O–H groups in total. The van der Waals surface area contributed by atoms with Gasteiger partial charge in [-0.1, -0.05) is 41.9 Å². The zero-order valence-corrected chi connectivity index (χ0v) is 19.6. The van der Waals surface area contributed by atoms with Crippen molar-refractivity contribution < 1.29 is 33.9 Å². The highest BCUT2D eigenvalue weighted by molar-refractivity contribution is 6.45. The molecule has 0 saturated carbocycles. The highest BCUT2D eigenvalue weighted by Crippen LogP contribution is 2.39. The van der Waals surface area contributed by atoms with Gasteiger partial charge in [-0.05, 0) is 58.3 Å². The fourth-order valence-corrected chi connectivity index (χ4v) is 4.40. The molecule has 2 fully saturated rings. The third-order valence-electron chi connectivity index (χ3n) is 6.82.